The third-order valence-electron chi connectivity index (χ3n) is 3.95. The number of fused-ring (bicyclic) bond motifs is 1. The molecule has 0 fully saturated rings. The molecule has 2 aromatic carbocycles. The Morgan fingerprint density at radius 2 is 1.88 bits per heavy atom. The molecule has 0 aliphatic carbocycles. The molecule has 26 heavy (non-hydrogen) atoms. The van der Waals surface area contributed by atoms with Gasteiger partial charge in [0.05, 0.1) is 6.42 Å². The predicted molar refractivity (Wildman–Crippen MR) is 94.2 cm³/mol. The molecule has 0 radical (unpaired) electrons. The van der Waals surface area contributed by atoms with E-state index in [1.165, 1.54) is 6.07 Å². The molecule has 1 aromatic heterocycles. The number of halogens is 1. The Balaban J connectivity index is 1.45. The summed E-state index contributed by atoms with van der Waals surface area (Å²) in [5, 5.41) is 10.0. The summed E-state index contributed by atoms with van der Waals surface area (Å²) in [6.07, 6.45) is 0.0914. The number of aromatic nitrogens is 1. The minimum atomic E-state index is -0.425. The monoisotopic (exact) mass is 355 g/mol. The van der Waals surface area contributed by atoms with Gasteiger partial charge in [-0.25, -0.2) is 4.39 Å². The average molecular weight is 355 g/mol. The first-order valence-corrected chi connectivity index (χ1v) is 8.19. The molecule has 6 nitrogen and oxygen atoms in total. The highest BCUT2D eigenvalue weighted by molar-refractivity contribution is 5.94. The van der Waals surface area contributed by atoms with Crippen LogP contribution in [0.1, 0.15) is 21.6 Å². The smallest absolute Gasteiger partial charge is 0.251 e. The standard InChI is InChI=1S/C19H18FN3O3/c1-12-6-7-13(10-15(12)20)19(25)22-9-8-21-18(24)11-16-14-4-2-3-5-17(14)26-23-16/h2-7,10H,8-9,11H2,1H3,(H,21,24)(H,22,25). The molecule has 0 saturated carbocycles. The van der Waals surface area contributed by atoms with Gasteiger partial charge in [-0.2, -0.15) is 0 Å². The third kappa shape index (κ3) is 4.05. The third-order valence-corrected chi connectivity index (χ3v) is 3.95. The fourth-order valence-electron chi connectivity index (χ4n) is 2.49. The number of rotatable bonds is 6. The van der Waals surface area contributed by atoms with Crippen molar-refractivity contribution in [2.75, 3.05) is 13.1 Å². The summed E-state index contributed by atoms with van der Waals surface area (Å²) in [6.45, 7) is 2.12. The van der Waals surface area contributed by atoms with Crippen LogP contribution < -0.4 is 10.6 Å². The van der Waals surface area contributed by atoms with Gasteiger partial charge in [0.15, 0.2) is 5.58 Å². The number of benzene rings is 2. The first kappa shape index (κ1) is 17.6. The second-order valence-corrected chi connectivity index (χ2v) is 5.87. The van der Waals surface area contributed by atoms with Crippen molar-refractivity contribution in [2.24, 2.45) is 0 Å². The summed E-state index contributed by atoms with van der Waals surface area (Å²) in [6, 6.07) is 11.6. The van der Waals surface area contributed by atoms with Crippen LogP contribution in [-0.4, -0.2) is 30.1 Å². The number of aryl methyl sites for hydroxylation is 1. The van der Waals surface area contributed by atoms with Crippen molar-refractivity contribution in [3.8, 4) is 0 Å². The molecule has 0 spiro atoms. The number of hydrogen-bond acceptors (Lipinski definition) is 4. The van der Waals surface area contributed by atoms with Crippen LogP contribution in [0.3, 0.4) is 0 Å². The van der Waals surface area contributed by atoms with Crippen LogP contribution in [0, 0.1) is 12.7 Å². The molecule has 3 rings (SSSR count). The van der Waals surface area contributed by atoms with Crippen molar-refractivity contribution < 1.29 is 18.5 Å². The molecular weight excluding hydrogens is 337 g/mol. The van der Waals surface area contributed by atoms with Gasteiger partial charge in [-0.15, -0.1) is 0 Å². The van der Waals surface area contributed by atoms with Crippen LogP contribution >= 0.6 is 0 Å². The van der Waals surface area contributed by atoms with E-state index in [9.17, 15) is 14.0 Å². The van der Waals surface area contributed by atoms with Gasteiger partial charge in [-0.1, -0.05) is 23.4 Å². The van der Waals surface area contributed by atoms with Gasteiger partial charge in [-0.3, -0.25) is 9.59 Å². The molecule has 2 N–H and O–H groups in total. The summed E-state index contributed by atoms with van der Waals surface area (Å²) in [5.74, 6) is -1.04. The zero-order valence-electron chi connectivity index (χ0n) is 14.2. The normalized spacial score (nSPS) is 10.7. The van der Waals surface area contributed by atoms with E-state index in [0.717, 1.165) is 5.39 Å². The fraction of sp³-hybridized carbons (Fsp3) is 0.211. The second kappa shape index (κ2) is 7.77. The molecular formula is C19H18FN3O3. The fourth-order valence-corrected chi connectivity index (χ4v) is 2.49. The number of para-hydroxylation sites is 1. The van der Waals surface area contributed by atoms with E-state index < -0.39 is 5.82 Å². The van der Waals surface area contributed by atoms with Gasteiger partial charge in [-0.05, 0) is 36.8 Å². The first-order valence-electron chi connectivity index (χ1n) is 8.19. The lowest BCUT2D eigenvalue weighted by Gasteiger charge is -2.07. The average Bonchev–Trinajstić information content (AvgIpc) is 3.04. The summed E-state index contributed by atoms with van der Waals surface area (Å²) < 4.78 is 18.6. The van der Waals surface area contributed by atoms with Crippen molar-refractivity contribution in [1.82, 2.24) is 15.8 Å². The lowest BCUT2D eigenvalue weighted by molar-refractivity contribution is -0.120. The summed E-state index contributed by atoms with van der Waals surface area (Å²) in [7, 11) is 0. The second-order valence-electron chi connectivity index (χ2n) is 5.87. The van der Waals surface area contributed by atoms with Gasteiger partial charge >= 0.3 is 0 Å². The van der Waals surface area contributed by atoms with E-state index in [0.29, 0.717) is 16.8 Å². The maximum atomic E-state index is 13.5. The Morgan fingerprint density at radius 3 is 2.69 bits per heavy atom. The van der Waals surface area contributed by atoms with Gasteiger partial charge in [0.1, 0.15) is 11.5 Å². The SMILES string of the molecule is Cc1ccc(C(=O)NCCNC(=O)Cc2noc3ccccc23)cc1F. The lowest BCUT2D eigenvalue weighted by atomic mass is 10.1. The van der Waals surface area contributed by atoms with Gasteiger partial charge < -0.3 is 15.2 Å². The Labute approximate surface area is 149 Å². The molecule has 3 aromatic rings. The minimum absolute atomic E-state index is 0.0914. The minimum Gasteiger partial charge on any atom is -0.356 e. The molecule has 0 saturated heterocycles. The van der Waals surface area contributed by atoms with E-state index in [-0.39, 0.29) is 36.9 Å². The molecule has 0 aliphatic heterocycles. The van der Waals surface area contributed by atoms with Gasteiger partial charge in [0, 0.05) is 24.0 Å². The van der Waals surface area contributed by atoms with Gasteiger partial charge in [0.2, 0.25) is 5.91 Å². The van der Waals surface area contributed by atoms with Crippen molar-refractivity contribution in [3.63, 3.8) is 0 Å². The highest BCUT2D eigenvalue weighted by Gasteiger charge is 2.12. The summed E-state index contributed by atoms with van der Waals surface area (Å²) in [4.78, 5) is 23.9. The zero-order chi connectivity index (χ0) is 18.5. The number of carbonyl (C=O) groups is 2. The number of carbonyl (C=O) groups excluding carboxylic acids is 2. The van der Waals surface area contributed by atoms with Crippen LogP contribution in [0.15, 0.2) is 47.0 Å². The van der Waals surface area contributed by atoms with Crippen molar-refractivity contribution in [1.29, 1.82) is 0 Å². The highest BCUT2D eigenvalue weighted by Crippen LogP contribution is 2.17. The summed E-state index contributed by atoms with van der Waals surface area (Å²) >= 11 is 0. The van der Waals surface area contributed by atoms with Crippen molar-refractivity contribution in [2.45, 2.75) is 13.3 Å². The Morgan fingerprint density at radius 1 is 1.12 bits per heavy atom. The first-order chi connectivity index (χ1) is 12.5. The Kier molecular flexibility index (Phi) is 5.26. The molecule has 0 unspecified atom stereocenters. The van der Waals surface area contributed by atoms with Crippen molar-refractivity contribution >= 4 is 22.8 Å². The van der Waals surface area contributed by atoms with E-state index in [2.05, 4.69) is 15.8 Å². The van der Waals surface area contributed by atoms with E-state index in [1.54, 1.807) is 25.1 Å². The topological polar surface area (TPSA) is 84.2 Å². The highest BCUT2D eigenvalue weighted by atomic mass is 19.1. The molecule has 2 amide bonds. The number of hydrogen-bond donors (Lipinski definition) is 2. The largest absolute Gasteiger partial charge is 0.356 e. The van der Waals surface area contributed by atoms with Crippen molar-refractivity contribution in [3.05, 3.63) is 65.1 Å². The molecule has 0 aliphatic rings. The Hall–Kier alpha value is -3.22. The van der Waals surface area contributed by atoms with E-state index in [1.807, 2.05) is 18.2 Å². The maximum Gasteiger partial charge on any atom is 0.251 e. The number of amides is 2. The van der Waals surface area contributed by atoms with E-state index >= 15 is 0 Å². The van der Waals surface area contributed by atoms with Crippen LogP contribution in [0.5, 0.6) is 0 Å². The summed E-state index contributed by atoms with van der Waals surface area (Å²) in [5.41, 5.74) is 1.92. The molecule has 0 bridgehead atoms. The van der Waals surface area contributed by atoms with Crippen LogP contribution in [0.25, 0.3) is 11.0 Å². The van der Waals surface area contributed by atoms with E-state index in [4.69, 9.17) is 4.52 Å². The lowest BCUT2D eigenvalue weighted by Crippen LogP contribution is -2.35. The maximum absolute atomic E-state index is 13.5. The molecule has 1 heterocycles. The van der Waals surface area contributed by atoms with Crippen LogP contribution in [0.4, 0.5) is 4.39 Å². The molecule has 7 heteroatoms. The quantitative estimate of drug-likeness (QED) is 0.665. The van der Waals surface area contributed by atoms with Crippen LogP contribution in [-0.2, 0) is 11.2 Å². The predicted octanol–water partition coefficient (Wildman–Crippen LogP) is 2.36. The van der Waals surface area contributed by atoms with Gasteiger partial charge in [0.25, 0.3) is 5.91 Å². The molecule has 0 atom stereocenters. The molecule has 134 valence electrons. The van der Waals surface area contributed by atoms with Crippen LogP contribution in [0.2, 0.25) is 0 Å². The number of nitrogens with one attached hydrogen (secondary N) is 2. The zero-order valence-corrected chi connectivity index (χ0v) is 14.2. The Bertz CT molecular complexity index is 952. The number of nitrogens with zero attached hydrogens (tertiary/aromatic N) is 1.